The van der Waals surface area contributed by atoms with Gasteiger partial charge in [-0.15, -0.1) is 0 Å². The number of carbonyl (C=O) groups is 1. The zero-order valence-corrected chi connectivity index (χ0v) is 15.6. The van der Waals surface area contributed by atoms with Gasteiger partial charge in [0.05, 0.1) is 5.71 Å². The number of halogens is 1. The number of hydrogen-bond donors (Lipinski definition) is 2. The zero-order chi connectivity index (χ0) is 18.2. The van der Waals surface area contributed by atoms with Crippen LogP contribution in [0.15, 0.2) is 53.6 Å². The first-order valence-corrected chi connectivity index (χ1v) is 8.87. The molecule has 0 fully saturated rings. The standard InChI is InChI=1S/C20H24ClN3O/c1-4-17(15-9-7-6-8-10-15)23-24-20(25)18(5-2)22-19-12-11-16(21)13-14(19)3/h6-13,18,22H,4-5H2,1-3H3,(H,24,25)/t18-/m0/s1. The Morgan fingerprint density at radius 1 is 1.16 bits per heavy atom. The van der Waals surface area contributed by atoms with E-state index in [4.69, 9.17) is 11.6 Å². The van der Waals surface area contributed by atoms with Crippen LogP contribution in [0.25, 0.3) is 0 Å². The third-order valence-electron chi connectivity index (χ3n) is 3.99. The van der Waals surface area contributed by atoms with E-state index in [0.717, 1.165) is 28.9 Å². The fourth-order valence-corrected chi connectivity index (χ4v) is 2.74. The van der Waals surface area contributed by atoms with Crippen molar-refractivity contribution >= 4 is 28.9 Å². The van der Waals surface area contributed by atoms with Crippen molar-refractivity contribution in [2.45, 2.75) is 39.7 Å². The molecular formula is C20H24ClN3O. The normalized spacial score (nSPS) is 12.6. The largest absolute Gasteiger partial charge is 0.373 e. The molecule has 0 radical (unpaired) electrons. The van der Waals surface area contributed by atoms with E-state index in [-0.39, 0.29) is 11.9 Å². The monoisotopic (exact) mass is 357 g/mol. The SMILES string of the molecule is CCC(=NNC(=O)[C@H](CC)Nc1ccc(Cl)cc1C)c1ccccc1. The second-order valence-electron chi connectivity index (χ2n) is 5.82. The smallest absolute Gasteiger partial charge is 0.262 e. The Morgan fingerprint density at radius 3 is 2.48 bits per heavy atom. The van der Waals surface area contributed by atoms with Crippen molar-refractivity contribution in [1.29, 1.82) is 0 Å². The summed E-state index contributed by atoms with van der Waals surface area (Å²) in [5.41, 5.74) is 6.46. The minimum absolute atomic E-state index is 0.154. The van der Waals surface area contributed by atoms with Crippen LogP contribution in [0, 0.1) is 6.92 Å². The summed E-state index contributed by atoms with van der Waals surface area (Å²) in [5, 5.41) is 8.26. The molecule has 25 heavy (non-hydrogen) atoms. The number of rotatable bonds is 7. The molecule has 0 heterocycles. The first-order valence-electron chi connectivity index (χ1n) is 8.49. The highest BCUT2D eigenvalue weighted by Crippen LogP contribution is 2.20. The third kappa shape index (κ3) is 5.33. The van der Waals surface area contributed by atoms with Gasteiger partial charge in [0, 0.05) is 10.7 Å². The maximum atomic E-state index is 12.5. The number of benzene rings is 2. The molecule has 0 aromatic heterocycles. The molecule has 0 saturated carbocycles. The fraction of sp³-hybridized carbons (Fsp3) is 0.300. The van der Waals surface area contributed by atoms with Crippen molar-refractivity contribution in [3.8, 4) is 0 Å². The molecule has 5 heteroatoms. The van der Waals surface area contributed by atoms with Gasteiger partial charge < -0.3 is 5.32 Å². The number of aryl methyl sites for hydroxylation is 1. The molecule has 0 bridgehead atoms. The van der Waals surface area contributed by atoms with Gasteiger partial charge in [-0.25, -0.2) is 5.43 Å². The van der Waals surface area contributed by atoms with E-state index in [9.17, 15) is 4.79 Å². The molecule has 4 nitrogen and oxygen atoms in total. The molecule has 1 amide bonds. The van der Waals surface area contributed by atoms with E-state index in [0.29, 0.717) is 11.4 Å². The molecule has 2 aromatic carbocycles. The second-order valence-corrected chi connectivity index (χ2v) is 6.25. The predicted octanol–water partition coefficient (Wildman–Crippen LogP) is 4.77. The maximum absolute atomic E-state index is 12.5. The van der Waals surface area contributed by atoms with Crippen LogP contribution in [0.4, 0.5) is 5.69 Å². The Morgan fingerprint density at radius 2 is 1.88 bits per heavy atom. The van der Waals surface area contributed by atoms with Crippen molar-refractivity contribution in [3.63, 3.8) is 0 Å². The van der Waals surface area contributed by atoms with E-state index >= 15 is 0 Å². The number of carbonyl (C=O) groups excluding carboxylic acids is 1. The Bertz CT molecular complexity index is 744. The number of hydrogen-bond acceptors (Lipinski definition) is 3. The van der Waals surface area contributed by atoms with E-state index in [2.05, 4.69) is 15.8 Å². The molecule has 0 aliphatic carbocycles. The summed E-state index contributed by atoms with van der Waals surface area (Å²) < 4.78 is 0. The van der Waals surface area contributed by atoms with Gasteiger partial charge >= 0.3 is 0 Å². The number of hydrazone groups is 1. The maximum Gasteiger partial charge on any atom is 0.262 e. The van der Waals surface area contributed by atoms with E-state index in [1.807, 2.05) is 69.3 Å². The van der Waals surface area contributed by atoms with Crippen LogP contribution in [-0.4, -0.2) is 17.7 Å². The number of nitrogens with one attached hydrogen (secondary N) is 2. The molecule has 0 saturated heterocycles. The topological polar surface area (TPSA) is 53.5 Å². The Labute approximate surface area is 154 Å². The molecule has 1 atom stereocenters. The van der Waals surface area contributed by atoms with Crippen LogP contribution < -0.4 is 10.7 Å². The second kappa shape index (κ2) is 9.23. The molecule has 2 N–H and O–H groups in total. The van der Waals surface area contributed by atoms with E-state index in [1.54, 1.807) is 0 Å². The highest BCUT2D eigenvalue weighted by molar-refractivity contribution is 6.30. The summed E-state index contributed by atoms with van der Waals surface area (Å²) in [6.45, 7) is 5.94. The number of anilines is 1. The van der Waals surface area contributed by atoms with Crippen molar-refractivity contribution in [2.24, 2.45) is 5.10 Å². The summed E-state index contributed by atoms with van der Waals surface area (Å²) in [6.07, 6.45) is 1.39. The Kier molecular flexibility index (Phi) is 7.02. The van der Waals surface area contributed by atoms with Crippen LogP contribution in [0.1, 0.15) is 37.8 Å². The summed E-state index contributed by atoms with van der Waals surface area (Å²) in [6, 6.07) is 15.1. The van der Waals surface area contributed by atoms with Gasteiger partial charge in [-0.1, -0.05) is 55.8 Å². The van der Waals surface area contributed by atoms with E-state index < -0.39 is 0 Å². The quantitative estimate of drug-likeness (QED) is 0.554. The molecule has 0 spiro atoms. The van der Waals surface area contributed by atoms with Gasteiger partial charge in [-0.3, -0.25) is 4.79 Å². The molecule has 0 aliphatic heterocycles. The lowest BCUT2D eigenvalue weighted by Gasteiger charge is -2.18. The average molecular weight is 358 g/mol. The number of nitrogens with zero attached hydrogens (tertiary/aromatic N) is 1. The third-order valence-corrected chi connectivity index (χ3v) is 4.22. The van der Waals surface area contributed by atoms with Crippen LogP contribution >= 0.6 is 11.6 Å². The minimum Gasteiger partial charge on any atom is -0.373 e. The lowest BCUT2D eigenvalue weighted by molar-refractivity contribution is -0.121. The first-order chi connectivity index (χ1) is 12.0. The lowest BCUT2D eigenvalue weighted by atomic mass is 10.1. The van der Waals surface area contributed by atoms with Crippen molar-refractivity contribution < 1.29 is 4.79 Å². The fourth-order valence-electron chi connectivity index (χ4n) is 2.51. The van der Waals surface area contributed by atoms with Gasteiger partial charge in [0.25, 0.3) is 5.91 Å². The predicted molar refractivity (Wildman–Crippen MR) is 105 cm³/mol. The van der Waals surface area contributed by atoms with Gasteiger partial charge in [0.1, 0.15) is 6.04 Å². The molecule has 0 unspecified atom stereocenters. The van der Waals surface area contributed by atoms with Gasteiger partial charge in [-0.2, -0.15) is 5.10 Å². The van der Waals surface area contributed by atoms with Gasteiger partial charge in [-0.05, 0) is 49.1 Å². The average Bonchev–Trinajstić information content (AvgIpc) is 2.62. The summed E-state index contributed by atoms with van der Waals surface area (Å²) in [4.78, 5) is 12.5. The summed E-state index contributed by atoms with van der Waals surface area (Å²) >= 11 is 5.98. The number of amides is 1. The zero-order valence-electron chi connectivity index (χ0n) is 14.8. The van der Waals surface area contributed by atoms with Crippen LogP contribution in [0.3, 0.4) is 0 Å². The van der Waals surface area contributed by atoms with Crippen LogP contribution in [-0.2, 0) is 4.79 Å². The van der Waals surface area contributed by atoms with Crippen LogP contribution in [0.5, 0.6) is 0 Å². The van der Waals surface area contributed by atoms with Gasteiger partial charge in [0.2, 0.25) is 0 Å². The molecule has 2 aromatic rings. The molecule has 132 valence electrons. The van der Waals surface area contributed by atoms with Crippen molar-refractivity contribution in [2.75, 3.05) is 5.32 Å². The lowest BCUT2D eigenvalue weighted by Crippen LogP contribution is -2.37. The van der Waals surface area contributed by atoms with E-state index in [1.165, 1.54) is 0 Å². The Balaban J connectivity index is 2.07. The highest BCUT2D eigenvalue weighted by Gasteiger charge is 2.17. The van der Waals surface area contributed by atoms with Crippen molar-refractivity contribution in [3.05, 3.63) is 64.7 Å². The first kappa shape index (κ1) is 19.0. The molecular weight excluding hydrogens is 334 g/mol. The van der Waals surface area contributed by atoms with Crippen molar-refractivity contribution in [1.82, 2.24) is 5.43 Å². The molecule has 2 rings (SSSR count). The Hall–Kier alpha value is -2.33. The summed E-state index contributed by atoms with van der Waals surface area (Å²) in [7, 11) is 0. The van der Waals surface area contributed by atoms with Crippen LogP contribution in [0.2, 0.25) is 5.02 Å². The van der Waals surface area contributed by atoms with Gasteiger partial charge in [0.15, 0.2) is 0 Å². The highest BCUT2D eigenvalue weighted by atomic mass is 35.5. The minimum atomic E-state index is -0.363. The summed E-state index contributed by atoms with van der Waals surface area (Å²) in [5.74, 6) is -0.154. The molecule has 0 aliphatic rings.